The van der Waals surface area contributed by atoms with Crippen molar-refractivity contribution in [2.45, 2.75) is 25.7 Å². The quantitative estimate of drug-likeness (QED) is 0.347. The Kier molecular flexibility index (Phi) is 5.85. The molecule has 0 aliphatic rings. The molecule has 0 aliphatic heterocycles. The van der Waals surface area contributed by atoms with E-state index >= 15 is 0 Å². The molecular formula is C16H19N3O4. The van der Waals surface area contributed by atoms with Gasteiger partial charge in [0.1, 0.15) is 0 Å². The first-order chi connectivity index (χ1) is 11.1. The highest BCUT2D eigenvalue weighted by atomic mass is 16.6. The highest BCUT2D eigenvalue weighted by molar-refractivity contribution is 5.99. The summed E-state index contributed by atoms with van der Waals surface area (Å²) in [6.45, 7) is 0.733. The van der Waals surface area contributed by atoms with Crippen LogP contribution in [0, 0.1) is 10.1 Å². The molecule has 7 heteroatoms. The van der Waals surface area contributed by atoms with E-state index in [1.165, 1.54) is 19.4 Å². The predicted molar refractivity (Wildman–Crippen MR) is 87.4 cm³/mol. The largest absolute Gasteiger partial charge is 0.469 e. The minimum absolute atomic E-state index is 0.0525. The van der Waals surface area contributed by atoms with Crippen LogP contribution in [0.25, 0.3) is 10.8 Å². The molecule has 0 unspecified atom stereocenters. The zero-order chi connectivity index (χ0) is 16.7. The summed E-state index contributed by atoms with van der Waals surface area (Å²) in [6.07, 6.45) is 6.17. The Labute approximate surface area is 133 Å². The van der Waals surface area contributed by atoms with E-state index in [-0.39, 0.29) is 11.7 Å². The minimum Gasteiger partial charge on any atom is -0.469 e. The van der Waals surface area contributed by atoms with Crippen LogP contribution in [0.1, 0.15) is 25.7 Å². The number of anilines is 1. The van der Waals surface area contributed by atoms with Crippen LogP contribution in [-0.4, -0.2) is 29.5 Å². The van der Waals surface area contributed by atoms with Gasteiger partial charge in [0.25, 0.3) is 5.69 Å². The van der Waals surface area contributed by atoms with E-state index in [2.05, 4.69) is 15.0 Å². The predicted octanol–water partition coefficient (Wildman–Crippen LogP) is 3.29. The summed E-state index contributed by atoms with van der Waals surface area (Å²) in [7, 11) is 1.39. The number of carbonyl (C=O) groups excluding carboxylic acids is 1. The Morgan fingerprint density at radius 1 is 1.26 bits per heavy atom. The van der Waals surface area contributed by atoms with E-state index in [9.17, 15) is 14.9 Å². The second kappa shape index (κ2) is 8.07. The molecule has 1 aromatic carbocycles. The molecule has 1 N–H and O–H groups in total. The van der Waals surface area contributed by atoms with Crippen molar-refractivity contribution >= 4 is 28.1 Å². The number of nitro benzene ring substituents is 1. The van der Waals surface area contributed by atoms with Gasteiger partial charge < -0.3 is 10.1 Å². The van der Waals surface area contributed by atoms with E-state index in [4.69, 9.17) is 0 Å². The number of non-ortho nitro benzene ring substituents is 1. The fourth-order valence-electron chi connectivity index (χ4n) is 2.38. The average molecular weight is 317 g/mol. The van der Waals surface area contributed by atoms with Crippen molar-refractivity contribution < 1.29 is 14.5 Å². The van der Waals surface area contributed by atoms with Crippen molar-refractivity contribution in [3.8, 4) is 0 Å². The number of aromatic nitrogens is 1. The van der Waals surface area contributed by atoms with Crippen molar-refractivity contribution in [1.29, 1.82) is 0 Å². The topological polar surface area (TPSA) is 94.4 Å². The number of unbranched alkanes of at least 4 members (excludes halogenated alkanes) is 2. The molecule has 0 saturated carbocycles. The van der Waals surface area contributed by atoms with Crippen LogP contribution in [-0.2, 0) is 9.53 Å². The number of nitrogens with one attached hydrogen (secondary N) is 1. The van der Waals surface area contributed by atoms with E-state index in [1.807, 2.05) is 0 Å². The lowest BCUT2D eigenvalue weighted by molar-refractivity contribution is -0.383. The molecule has 0 atom stereocenters. The lowest BCUT2D eigenvalue weighted by atomic mass is 10.1. The highest BCUT2D eigenvalue weighted by Gasteiger charge is 2.13. The molecule has 0 saturated heterocycles. The third-order valence-corrected chi connectivity index (χ3v) is 3.59. The molecule has 7 nitrogen and oxygen atoms in total. The molecule has 1 aromatic heterocycles. The third-order valence-electron chi connectivity index (χ3n) is 3.59. The third kappa shape index (κ3) is 4.38. The maximum atomic E-state index is 11.1. The van der Waals surface area contributed by atoms with Crippen LogP contribution in [0.3, 0.4) is 0 Å². The van der Waals surface area contributed by atoms with Gasteiger partial charge in [-0.3, -0.25) is 19.9 Å². The summed E-state index contributed by atoms with van der Waals surface area (Å²) < 4.78 is 4.59. The Morgan fingerprint density at radius 2 is 2.09 bits per heavy atom. The molecule has 122 valence electrons. The molecule has 0 radical (unpaired) electrons. The van der Waals surface area contributed by atoms with Crippen LogP contribution in [0.4, 0.5) is 11.4 Å². The van der Waals surface area contributed by atoms with Crippen LogP contribution in [0.5, 0.6) is 0 Å². The molecule has 2 aromatic rings. The van der Waals surface area contributed by atoms with Crippen LogP contribution >= 0.6 is 0 Å². The molecule has 0 aliphatic carbocycles. The van der Waals surface area contributed by atoms with Crippen molar-refractivity contribution in [3.63, 3.8) is 0 Å². The Hall–Kier alpha value is -2.70. The fourth-order valence-corrected chi connectivity index (χ4v) is 2.38. The number of nitro groups is 1. The van der Waals surface area contributed by atoms with E-state index < -0.39 is 4.92 Å². The van der Waals surface area contributed by atoms with Gasteiger partial charge in [0.05, 0.1) is 17.4 Å². The lowest BCUT2D eigenvalue weighted by Gasteiger charge is -2.09. The van der Waals surface area contributed by atoms with Gasteiger partial charge in [-0.05, 0) is 25.0 Å². The Balaban J connectivity index is 1.95. The number of esters is 1. The maximum absolute atomic E-state index is 11.1. The molecule has 1 heterocycles. The number of carbonyl (C=O) groups is 1. The van der Waals surface area contributed by atoms with E-state index in [0.717, 1.165) is 36.9 Å². The summed E-state index contributed by atoms with van der Waals surface area (Å²) in [5.41, 5.74) is 0.901. The smallest absolute Gasteiger partial charge is 0.305 e. The lowest BCUT2D eigenvalue weighted by Crippen LogP contribution is -2.04. The molecule has 0 fully saturated rings. The number of benzene rings is 1. The number of fused-ring (bicyclic) bond motifs is 1. The molecule has 23 heavy (non-hydrogen) atoms. The van der Waals surface area contributed by atoms with Gasteiger partial charge in [0, 0.05) is 42.5 Å². The summed E-state index contributed by atoms with van der Waals surface area (Å²) in [5, 5.41) is 15.6. The normalized spacial score (nSPS) is 10.5. The molecule has 0 bridgehead atoms. The number of rotatable bonds is 8. The van der Waals surface area contributed by atoms with Crippen molar-refractivity contribution in [2.75, 3.05) is 19.0 Å². The zero-order valence-electron chi connectivity index (χ0n) is 12.9. The summed E-state index contributed by atoms with van der Waals surface area (Å²) in [4.78, 5) is 25.6. The fraction of sp³-hybridized carbons (Fsp3) is 0.375. The van der Waals surface area contributed by atoms with Gasteiger partial charge in [-0.2, -0.15) is 0 Å². The first-order valence-electron chi connectivity index (χ1n) is 7.45. The van der Waals surface area contributed by atoms with Crippen LogP contribution in [0.15, 0.2) is 30.6 Å². The Bertz CT molecular complexity index is 703. The maximum Gasteiger partial charge on any atom is 0.305 e. The first kappa shape index (κ1) is 16.7. The Morgan fingerprint density at radius 3 is 2.83 bits per heavy atom. The van der Waals surface area contributed by atoms with Crippen LogP contribution in [0.2, 0.25) is 0 Å². The molecular weight excluding hydrogens is 298 g/mol. The van der Waals surface area contributed by atoms with Gasteiger partial charge in [-0.15, -0.1) is 0 Å². The number of hydrogen-bond donors (Lipinski definition) is 1. The average Bonchev–Trinajstić information content (AvgIpc) is 2.57. The molecule has 0 amide bonds. The van der Waals surface area contributed by atoms with Crippen molar-refractivity contribution in [1.82, 2.24) is 4.98 Å². The van der Waals surface area contributed by atoms with Gasteiger partial charge in [-0.25, -0.2) is 0 Å². The number of ether oxygens (including phenoxy) is 1. The summed E-state index contributed by atoms with van der Waals surface area (Å²) in [5.74, 6) is -0.188. The van der Waals surface area contributed by atoms with Gasteiger partial charge in [0.2, 0.25) is 0 Å². The minimum atomic E-state index is -0.402. The van der Waals surface area contributed by atoms with Crippen molar-refractivity contribution in [2.24, 2.45) is 0 Å². The number of methoxy groups -OCH3 is 1. The van der Waals surface area contributed by atoms with Gasteiger partial charge in [0.15, 0.2) is 0 Å². The second-order valence-corrected chi connectivity index (χ2v) is 5.12. The first-order valence-corrected chi connectivity index (χ1v) is 7.45. The number of nitrogens with zero attached hydrogens (tertiary/aromatic N) is 2. The highest BCUT2D eigenvalue weighted by Crippen LogP contribution is 2.30. The summed E-state index contributed by atoms with van der Waals surface area (Å²) in [6, 6.07) is 4.97. The SMILES string of the molecule is COC(=O)CCCCCNc1ccc([N+](=O)[O-])c2cnccc12. The number of pyridine rings is 1. The zero-order valence-corrected chi connectivity index (χ0v) is 12.9. The van der Waals surface area contributed by atoms with E-state index in [1.54, 1.807) is 18.3 Å². The summed E-state index contributed by atoms with van der Waals surface area (Å²) >= 11 is 0. The second-order valence-electron chi connectivity index (χ2n) is 5.12. The van der Waals surface area contributed by atoms with Gasteiger partial charge in [-0.1, -0.05) is 6.42 Å². The number of hydrogen-bond acceptors (Lipinski definition) is 6. The van der Waals surface area contributed by atoms with E-state index in [0.29, 0.717) is 11.8 Å². The monoisotopic (exact) mass is 317 g/mol. The molecule has 2 rings (SSSR count). The van der Waals surface area contributed by atoms with Crippen LogP contribution < -0.4 is 5.32 Å². The van der Waals surface area contributed by atoms with Gasteiger partial charge >= 0.3 is 5.97 Å². The standard InChI is InChI=1S/C16H19N3O4/c1-23-16(20)5-3-2-4-9-18-14-6-7-15(19(21)22)13-11-17-10-8-12(13)14/h6-8,10-11,18H,2-5,9H2,1H3. The molecule has 0 spiro atoms. The van der Waals surface area contributed by atoms with Crippen molar-refractivity contribution in [3.05, 3.63) is 40.7 Å².